The Morgan fingerprint density at radius 2 is 2.31 bits per heavy atom. The van der Waals surface area contributed by atoms with Crippen molar-refractivity contribution in [3.63, 3.8) is 0 Å². The number of hydrogen-bond acceptors (Lipinski definition) is 2. The summed E-state index contributed by atoms with van der Waals surface area (Å²) >= 11 is 0. The molecule has 0 aliphatic heterocycles. The van der Waals surface area contributed by atoms with E-state index in [1.807, 2.05) is 39.0 Å². The number of carbonyl (C=O) groups excluding carboxylic acids is 1. The van der Waals surface area contributed by atoms with Gasteiger partial charge in [0.25, 0.3) is 0 Å². The lowest BCUT2D eigenvalue weighted by Gasteiger charge is -2.02. The number of rotatable bonds is 3. The molecule has 0 unspecified atom stereocenters. The third-order valence-corrected chi connectivity index (χ3v) is 1.74. The molecule has 13 heavy (non-hydrogen) atoms. The molecule has 68 valence electrons. The minimum atomic E-state index is -0.159. The standard InChI is InChI=1S/C10H13BO2/c1-2-13-10(12)7-8-4-3-5-9(11)6-8/h3-6H,2,7,11H2,1H3. The van der Waals surface area contributed by atoms with Gasteiger partial charge in [-0.05, 0) is 12.5 Å². The predicted octanol–water partition coefficient (Wildman–Crippen LogP) is 0.0506. The van der Waals surface area contributed by atoms with Gasteiger partial charge in [0, 0.05) is 0 Å². The first-order valence-electron chi connectivity index (χ1n) is 4.43. The average molecular weight is 176 g/mol. The monoisotopic (exact) mass is 176 g/mol. The molecule has 1 aromatic rings. The fraction of sp³-hybridized carbons (Fsp3) is 0.300. The third-order valence-electron chi connectivity index (χ3n) is 1.74. The van der Waals surface area contributed by atoms with Crippen molar-refractivity contribution >= 4 is 19.3 Å². The number of esters is 1. The Morgan fingerprint density at radius 3 is 2.92 bits per heavy atom. The summed E-state index contributed by atoms with van der Waals surface area (Å²) in [7, 11) is 2.01. The van der Waals surface area contributed by atoms with Gasteiger partial charge in [-0.15, -0.1) is 0 Å². The van der Waals surface area contributed by atoms with Gasteiger partial charge in [0.2, 0.25) is 0 Å². The highest BCUT2D eigenvalue weighted by Gasteiger charge is 2.02. The fourth-order valence-electron chi connectivity index (χ4n) is 1.20. The highest BCUT2D eigenvalue weighted by atomic mass is 16.5. The lowest BCUT2D eigenvalue weighted by molar-refractivity contribution is -0.142. The van der Waals surface area contributed by atoms with Gasteiger partial charge >= 0.3 is 5.97 Å². The molecule has 0 spiro atoms. The van der Waals surface area contributed by atoms with Crippen molar-refractivity contribution < 1.29 is 9.53 Å². The Hall–Kier alpha value is -1.25. The number of hydrogen-bond donors (Lipinski definition) is 0. The van der Waals surface area contributed by atoms with Gasteiger partial charge in [0.15, 0.2) is 0 Å². The smallest absolute Gasteiger partial charge is 0.310 e. The molecule has 0 atom stereocenters. The Balaban J connectivity index is 2.58. The van der Waals surface area contributed by atoms with E-state index >= 15 is 0 Å². The maximum atomic E-state index is 11.1. The summed E-state index contributed by atoms with van der Waals surface area (Å²) < 4.78 is 4.85. The van der Waals surface area contributed by atoms with Crippen LogP contribution in [0.3, 0.4) is 0 Å². The van der Waals surface area contributed by atoms with Crippen molar-refractivity contribution in [2.45, 2.75) is 13.3 Å². The number of benzene rings is 1. The zero-order chi connectivity index (χ0) is 9.68. The van der Waals surface area contributed by atoms with Crippen LogP contribution in [0.1, 0.15) is 12.5 Å². The molecule has 0 bridgehead atoms. The minimum absolute atomic E-state index is 0.159. The fourth-order valence-corrected chi connectivity index (χ4v) is 1.20. The Labute approximate surface area is 79.3 Å². The van der Waals surface area contributed by atoms with Crippen LogP contribution in [0.2, 0.25) is 0 Å². The van der Waals surface area contributed by atoms with Gasteiger partial charge in [0.05, 0.1) is 13.0 Å². The lowest BCUT2D eigenvalue weighted by Crippen LogP contribution is -2.10. The molecular weight excluding hydrogens is 163 g/mol. The molecule has 0 aliphatic carbocycles. The van der Waals surface area contributed by atoms with Crippen LogP contribution >= 0.6 is 0 Å². The summed E-state index contributed by atoms with van der Waals surface area (Å²) in [5.41, 5.74) is 2.18. The van der Waals surface area contributed by atoms with E-state index in [4.69, 9.17) is 4.74 Å². The van der Waals surface area contributed by atoms with Crippen LogP contribution in [0.5, 0.6) is 0 Å². The maximum Gasteiger partial charge on any atom is 0.310 e. The van der Waals surface area contributed by atoms with Gasteiger partial charge in [-0.3, -0.25) is 4.79 Å². The molecule has 0 saturated carbocycles. The predicted molar refractivity (Wildman–Crippen MR) is 55.0 cm³/mol. The van der Waals surface area contributed by atoms with Crippen LogP contribution in [-0.4, -0.2) is 20.4 Å². The van der Waals surface area contributed by atoms with E-state index in [1.54, 1.807) is 0 Å². The molecule has 0 saturated heterocycles. The summed E-state index contributed by atoms with van der Waals surface area (Å²) in [6.45, 7) is 2.26. The SMILES string of the molecule is Bc1cccc(CC(=O)OCC)c1. The molecule has 0 amide bonds. The van der Waals surface area contributed by atoms with Gasteiger partial charge in [-0.25, -0.2) is 0 Å². The van der Waals surface area contributed by atoms with E-state index in [-0.39, 0.29) is 5.97 Å². The molecule has 0 aliphatic rings. The second kappa shape index (κ2) is 4.70. The molecule has 3 heteroatoms. The zero-order valence-electron chi connectivity index (χ0n) is 8.04. The largest absolute Gasteiger partial charge is 0.466 e. The summed E-state index contributed by atoms with van der Waals surface area (Å²) in [5.74, 6) is -0.159. The van der Waals surface area contributed by atoms with E-state index in [2.05, 4.69) is 0 Å². The quantitative estimate of drug-likeness (QED) is 0.480. The summed E-state index contributed by atoms with van der Waals surface area (Å²) in [6.07, 6.45) is 0.371. The van der Waals surface area contributed by atoms with Gasteiger partial charge < -0.3 is 4.74 Å². The first-order chi connectivity index (χ1) is 6.22. The number of ether oxygens (including phenoxy) is 1. The van der Waals surface area contributed by atoms with E-state index in [9.17, 15) is 4.79 Å². The van der Waals surface area contributed by atoms with Crippen LogP contribution < -0.4 is 5.46 Å². The highest BCUT2D eigenvalue weighted by molar-refractivity contribution is 6.32. The Morgan fingerprint density at radius 1 is 1.54 bits per heavy atom. The minimum Gasteiger partial charge on any atom is -0.466 e. The van der Waals surface area contributed by atoms with Gasteiger partial charge in [0.1, 0.15) is 7.85 Å². The first kappa shape index (κ1) is 9.84. The first-order valence-corrected chi connectivity index (χ1v) is 4.43. The van der Waals surface area contributed by atoms with Crippen LogP contribution in [0.4, 0.5) is 0 Å². The molecular formula is C10H13BO2. The van der Waals surface area contributed by atoms with E-state index in [0.717, 1.165) is 5.56 Å². The molecule has 1 aromatic carbocycles. The molecule has 1 rings (SSSR count). The maximum absolute atomic E-state index is 11.1. The van der Waals surface area contributed by atoms with E-state index in [1.165, 1.54) is 5.46 Å². The summed E-state index contributed by atoms with van der Waals surface area (Å²) in [6, 6.07) is 7.89. The van der Waals surface area contributed by atoms with E-state index < -0.39 is 0 Å². The van der Waals surface area contributed by atoms with Crippen LogP contribution in [0.15, 0.2) is 24.3 Å². The van der Waals surface area contributed by atoms with Crippen molar-refractivity contribution in [1.29, 1.82) is 0 Å². The molecule has 0 aromatic heterocycles. The molecule has 2 nitrogen and oxygen atoms in total. The summed E-state index contributed by atoms with van der Waals surface area (Å²) in [4.78, 5) is 11.1. The van der Waals surface area contributed by atoms with Crippen molar-refractivity contribution in [2.75, 3.05) is 6.61 Å². The van der Waals surface area contributed by atoms with Crippen molar-refractivity contribution in [3.8, 4) is 0 Å². The van der Waals surface area contributed by atoms with Crippen molar-refractivity contribution in [3.05, 3.63) is 29.8 Å². The summed E-state index contributed by atoms with van der Waals surface area (Å²) in [5, 5.41) is 0. The third kappa shape index (κ3) is 3.32. The molecule has 0 N–H and O–H groups in total. The zero-order valence-corrected chi connectivity index (χ0v) is 8.04. The number of carbonyl (C=O) groups is 1. The van der Waals surface area contributed by atoms with Crippen molar-refractivity contribution in [2.24, 2.45) is 0 Å². The van der Waals surface area contributed by atoms with Gasteiger partial charge in [-0.1, -0.05) is 29.7 Å². The molecule has 0 radical (unpaired) electrons. The molecule has 0 fully saturated rings. The molecule has 0 heterocycles. The van der Waals surface area contributed by atoms with Crippen LogP contribution in [-0.2, 0) is 16.0 Å². The van der Waals surface area contributed by atoms with Crippen LogP contribution in [0.25, 0.3) is 0 Å². The van der Waals surface area contributed by atoms with Crippen molar-refractivity contribution in [1.82, 2.24) is 0 Å². The van der Waals surface area contributed by atoms with E-state index in [0.29, 0.717) is 13.0 Å². The highest BCUT2D eigenvalue weighted by Crippen LogP contribution is 1.98. The van der Waals surface area contributed by atoms with Gasteiger partial charge in [-0.2, -0.15) is 0 Å². The Bertz CT molecular complexity index is 297. The second-order valence-corrected chi connectivity index (χ2v) is 2.97. The topological polar surface area (TPSA) is 26.3 Å². The Kier molecular flexibility index (Phi) is 3.56. The second-order valence-electron chi connectivity index (χ2n) is 2.97. The average Bonchev–Trinajstić information content (AvgIpc) is 2.04. The normalized spacial score (nSPS) is 9.62. The lowest BCUT2D eigenvalue weighted by atomic mass is 9.94. The van der Waals surface area contributed by atoms with Crippen LogP contribution in [0, 0.1) is 0 Å².